The number of benzene rings is 2. The Morgan fingerprint density at radius 1 is 0.963 bits per heavy atom. The van der Waals surface area contributed by atoms with E-state index in [0.717, 1.165) is 38.5 Å². The van der Waals surface area contributed by atoms with Crippen molar-refractivity contribution < 1.29 is 9.59 Å². The van der Waals surface area contributed by atoms with Crippen LogP contribution in [0.2, 0.25) is 0 Å². The lowest BCUT2D eigenvalue weighted by Crippen LogP contribution is -2.49. The summed E-state index contributed by atoms with van der Waals surface area (Å²) in [5.41, 5.74) is 6.29. The van der Waals surface area contributed by atoms with Crippen LogP contribution < -0.4 is 11.1 Å². The van der Waals surface area contributed by atoms with Crippen molar-refractivity contribution >= 4 is 29.4 Å². The van der Waals surface area contributed by atoms with Crippen LogP contribution in [0.3, 0.4) is 0 Å². The monoisotopic (exact) mass is 384 g/mol. The largest absolute Gasteiger partial charge is 0.351 e. The number of primary amides is 1. The molecule has 0 saturated carbocycles. The molecule has 0 aliphatic carbocycles. The molecule has 27 heavy (non-hydrogen) atoms. The molecule has 7 heteroatoms. The highest BCUT2D eigenvalue weighted by molar-refractivity contribution is 7.99. The first-order valence-electron chi connectivity index (χ1n) is 8.98. The van der Waals surface area contributed by atoms with Gasteiger partial charge in [0.05, 0.1) is 0 Å². The van der Waals surface area contributed by atoms with Gasteiger partial charge in [0.25, 0.3) is 5.91 Å². The van der Waals surface area contributed by atoms with E-state index >= 15 is 0 Å². The zero-order valence-electron chi connectivity index (χ0n) is 15.1. The Balaban J connectivity index is 1.43. The number of hydrogen-bond donors (Lipinski definition) is 2. The first-order chi connectivity index (χ1) is 13.1. The molecule has 1 aliphatic heterocycles. The van der Waals surface area contributed by atoms with Gasteiger partial charge < -0.3 is 16.0 Å². The summed E-state index contributed by atoms with van der Waals surface area (Å²) in [7, 11) is 0. The number of thioether (sulfide) groups is 1. The van der Waals surface area contributed by atoms with Gasteiger partial charge in [-0.15, -0.1) is 11.8 Å². The maximum Gasteiger partial charge on any atom is 0.316 e. The van der Waals surface area contributed by atoms with Crippen LogP contribution in [0.15, 0.2) is 59.5 Å². The molecule has 1 fully saturated rings. The zero-order chi connectivity index (χ0) is 19.1. The lowest BCUT2D eigenvalue weighted by Gasteiger charge is -2.34. The second-order valence-corrected chi connectivity index (χ2v) is 7.53. The molecule has 6 nitrogen and oxygen atoms in total. The third kappa shape index (κ3) is 5.74. The lowest BCUT2D eigenvalue weighted by molar-refractivity contribution is 0.0644. The van der Waals surface area contributed by atoms with Gasteiger partial charge in [-0.2, -0.15) is 0 Å². The first kappa shape index (κ1) is 19.3. The molecule has 0 radical (unpaired) electrons. The number of hydrogen-bond acceptors (Lipinski definition) is 4. The number of carbonyl (C=O) groups excluding carboxylic acids is 2. The highest BCUT2D eigenvalue weighted by Crippen LogP contribution is 2.18. The fraction of sp³-hybridized carbons (Fsp3) is 0.300. The zero-order valence-corrected chi connectivity index (χ0v) is 16.0. The number of amides is 3. The molecule has 3 amide bonds. The summed E-state index contributed by atoms with van der Waals surface area (Å²) in [5.74, 6) is 1.07. The Morgan fingerprint density at radius 2 is 1.63 bits per heavy atom. The smallest absolute Gasteiger partial charge is 0.316 e. The van der Waals surface area contributed by atoms with Crippen molar-refractivity contribution in [3.05, 3.63) is 60.2 Å². The van der Waals surface area contributed by atoms with E-state index in [1.165, 1.54) is 4.90 Å². The molecule has 1 aliphatic rings. The van der Waals surface area contributed by atoms with Gasteiger partial charge in [0, 0.05) is 54.6 Å². The number of anilines is 1. The van der Waals surface area contributed by atoms with E-state index in [1.54, 1.807) is 24.3 Å². The fourth-order valence-electron chi connectivity index (χ4n) is 3.00. The molecule has 142 valence electrons. The highest BCUT2D eigenvalue weighted by atomic mass is 32.2. The van der Waals surface area contributed by atoms with Gasteiger partial charge in [0.1, 0.15) is 0 Å². The molecule has 0 spiro atoms. The normalized spacial score (nSPS) is 14.7. The summed E-state index contributed by atoms with van der Waals surface area (Å²) >= 11 is 1.86. The predicted molar refractivity (Wildman–Crippen MR) is 109 cm³/mol. The molecule has 0 atom stereocenters. The van der Waals surface area contributed by atoms with Crippen LogP contribution in [0.25, 0.3) is 0 Å². The van der Waals surface area contributed by atoms with Crippen molar-refractivity contribution in [3.63, 3.8) is 0 Å². The summed E-state index contributed by atoms with van der Waals surface area (Å²) in [5, 5.41) is 2.49. The Bertz CT molecular complexity index is 759. The van der Waals surface area contributed by atoms with E-state index in [9.17, 15) is 9.59 Å². The molecular formula is C20H24N4O2S. The Labute approximate surface area is 163 Å². The first-order valence-corrected chi connectivity index (χ1v) is 9.96. The fourth-order valence-corrected chi connectivity index (χ4v) is 3.94. The molecule has 1 saturated heterocycles. The summed E-state index contributed by atoms with van der Waals surface area (Å²) in [6, 6.07) is 16.6. The molecule has 3 N–H and O–H groups in total. The number of nitrogens with zero attached hydrogens (tertiary/aromatic N) is 2. The van der Waals surface area contributed by atoms with Gasteiger partial charge >= 0.3 is 6.03 Å². The number of urea groups is 1. The standard InChI is InChI=1S/C20H24N4O2S/c21-20(26)22-17-8-6-16(7-9-17)19(25)24-12-10-23(11-13-24)14-15-27-18-4-2-1-3-5-18/h1-9H,10-15H2,(H3,21,22,26). The molecule has 3 rings (SSSR count). The minimum absolute atomic E-state index is 0.0268. The van der Waals surface area contributed by atoms with Crippen LogP contribution in [0.1, 0.15) is 10.4 Å². The Kier molecular flexibility index (Phi) is 6.73. The van der Waals surface area contributed by atoms with Crippen molar-refractivity contribution in [1.29, 1.82) is 0 Å². The summed E-state index contributed by atoms with van der Waals surface area (Å²) in [6.45, 7) is 4.27. The van der Waals surface area contributed by atoms with Crippen LogP contribution in [0.4, 0.5) is 10.5 Å². The third-order valence-electron chi connectivity index (χ3n) is 4.48. The van der Waals surface area contributed by atoms with Crippen LogP contribution in [-0.4, -0.2) is 60.2 Å². The van der Waals surface area contributed by atoms with Crippen molar-refractivity contribution in [3.8, 4) is 0 Å². The van der Waals surface area contributed by atoms with Crippen molar-refractivity contribution in [1.82, 2.24) is 9.80 Å². The van der Waals surface area contributed by atoms with E-state index in [0.29, 0.717) is 11.3 Å². The summed E-state index contributed by atoms with van der Waals surface area (Å²) in [6.07, 6.45) is 0. The number of rotatable bonds is 6. The molecule has 0 unspecified atom stereocenters. The van der Waals surface area contributed by atoms with Crippen molar-refractivity contribution in [2.24, 2.45) is 5.73 Å². The average Bonchev–Trinajstić information content (AvgIpc) is 2.69. The van der Waals surface area contributed by atoms with Gasteiger partial charge in [-0.25, -0.2) is 4.79 Å². The van der Waals surface area contributed by atoms with Gasteiger partial charge in [-0.1, -0.05) is 18.2 Å². The second-order valence-electron chi connectivity index (χ2n) is 6.36. The average molecular weight is 385 g/mol. The lowest BCUT2D eigenvalue weighted by atomic mass is 10.1. The second kappa shape index (κ2) is 9.43. The minimum Gasteiger partial charge on any atom is -0.351 e. The maximum atomic E-state index is 12.6. The van der Waals surface area contributed by atoms with Crippen molar-refractivity contribution in [2.75, 3.05) is 43.8 Å². The number of nitrogens with one attached hydrogen (secondary N) is 1. The van der Waals surface area contributed by atoms with E-state index < -0.39 is 6.03 Å². The van der Waals surface area contributed by atoms with Gasteiger partial charge in [-0.3, -0.25) is 9.69 Å². The topological polar surface area (TPSA) is 78.7 Å². The van der Waals surface area contributed by atoms with E-state index in [-0.39, 0.29) is 5.91 Å². The number of piperazine rings is 1. The molecule has 0 bridgehead atoms. The van der Waals surface area contributed by atoms with E-state index in [2.05, 4.69) is 34.5 Å². The van der Waals surface area contributed by atoms with Crippen LogP contribution in [0.5, 0.6) is 0 Å². The molecular weight excluding hydrogens is 360 g/mol. The van der Waals surface area contributed by atoms with Crippen LogP contribution in [-0.2, 0) is 0 Å². The Hall–Kier alpha value is -2.51. The Morgan fingerprint density at radius 3 is 2.26 bits per heavy atom. The predicted octanol–water partition coefficient (Wildman–Crippen LogP) is 2.73. The SMILES string of the molecule is NC(=O)Nc1ccc(C(=O)N2CCN(CCSc3ccccc3)CC2)cc1. The summed E-state index contributed by atoms with van der Waals surface area (Å²) in [4.78, 5) is 29.1. The summed E-state index contributed by atoms with van der Waals surface area (Å²) < 4.78 is 0. The molecule has 0 aromatic heterocycles. The third-order valence-corrected chi connectivity index (χ3v) is 5.47. The van der Waals surface area contributed by atoms with Gasteiger partial charge in [-0.05, 0) is 36.4 Å². The molecule has 1 heterocycles. The van der Waals surface area contributed by atoms with E-state index in [4.69, 9.17) is 5.73 Å². The minimum atomic E-state index is -0.615. The van der Waals surface area contributed by atoms with Crippen LogP contribution in [0, 0.1) is 0 Å². The number of carbonyl (C=O) groups is 2. The quantitative estimate of drug-likeness (QED) is 0.751. The van der Waals surface area contributed by atoms with Crippen LogP contribution >= 0.6 is 11.8 Å². The van der Waals surface area contributed by atoms with Gasteiger partial charge in [0.2, 0.25) is 0 Å². The molecule has 2 aromatic carbocycles. The maximum absolute atomic E-state index is 12.6. The van der Waals surface area contributed by atoms with Crippen molar-refractivity contribution in [2.45, 2.75) is 4.90 Å². The van der Waals surface area contributed by atoms with Gasteiger partial charge in [0.15, 0.2) is 0 Å². The van der Waals surface area contributed by atoms with E-state index in [1.807, 2.05) is 22.7 Å². The highest BCUT2D eigenvalue weighted by Gasteiger charge is 2.21. The number of nitrogens with two attached hydrogens (primary N) is 1. The molecule has 2 aromatic rings.